The summed E-state index contributed by atoms with van der Waals surface area (Å²) in [6.07, 6.45) is 5.39. The standard InChI is InChI=1S/C66H54O6/c1-7-25-67-61-37-19-13-31-33-15-21-39-51-45(33)57-55-43(31)49(37)50-38(62(61)68-26-8-2)20-14-32-34-16-22-40-52-46(34)58(56(55)44(32)50)60-48-36(18-24-42(54(48)52)66(72-30-12-6)64(40)70-28-10-4)35-17-23-41(53(51)47(35)59(57)60)65(71-29-11-5)63(39)69-27-9-3/h13-24H,7-12,25-30H2,1-6H3. The van der Waals surface area contributed by atoms with Gasteiger partial charge in [-0.25, -0.2) is 0 Å². The molecule has 72 heavy (non-hydrogen) atoms. The molecule has 6 heteroatoms. The van der Waals surface area contributed by atoms with Crippen molar-refractivity contribution < 1.29 is 28.4 Å². The van der Waals surface area contributed by atoms with Crippen LogP contribution in [-0.2, 0) is 0 Å². The molecule has 0 saturated heterocycles. The van der Waals surface area contributed by atoms with E-state index in [1.807, 2.05) is 0 Å². The minimum absolute atomic E-state index is 0.604. The zero-order valence-electron chi connectivity index (χ0n) is 41.9. The van der Waals surface area contributed by atoms with Crippen molar-refractivity contribution in [3.63, 3.8) is 0 Å². The SMILES string of the molecule is CCCOc1c(OCCC)c2ccc3c4ccc5c(OCCC)c(OCCC)c6ccc7c8ccc9c(OCCC)c(OCCC)c%10ccc%11c%12ccc1c1c2c3c2c(c%121)c1c%11c%10c9c8c1c1c7c6c5c4c21. The average molecular weight is 943 g/mol. The number of hydrogen-bond donors (Lipinski definition) is 0. The number of hydrogen-bond acceptors (Lipinski definition) is 6. The molecule has 0 aliphatic carbocycles. The van der Waals surface area contributed by atoms with E-state index in [4.69, 9.17) is 28.4 Å². The van der Waals surface area contributed by atoms with Crippen LogP contribution in [0.5, 0.6) is 34.5 Å². The van der Waals surface area contributed by atoms with Crippen LogP contribution < -0.4 is 28.4 Å². The molecule has 0 atom stereocenters. The molecular formula is C66H54O6. The first-order chi connectivity index (χ1) is 35.6. The van der Waals surface area contributed by atoms with E-state index in [1.165, 1.54) is 129 Å². The summed E-state index contributed by atoms with van der Waals surface area (Å²) in [4.78, 5) is 0. The van der Waals surface area contributed by atoms with Crippen LogP contribution in [0.1, 0.15) is 80.1 Å². The van der Waals surface area contributed by atoms with Gasteiger partial charge in [-0.1, -0.05) is 77.9 Å². The van der Waals surface area contributed by atoms with E-state index in [0.717, 1.165) is 105 Å². The van der Waals surface area contributed by atoms with Crippen LogP contribution in [0.3, 0.4) is 0 Å². The predicted molar refractivity (Wildman–Crippen MR) is 304 cm³/mol. The van der Waals surface area contributed by atoms with E-state index in [1.54, 1.807) is 0 Å². The Bertz CT molecular complexity index is 3950. The highest BCUT2D eigenvalue weighted by atomic mass is 16.5. The van der Waals surface area contributed by atoms with Gasteiger partial charge in [0, 0.05) is 64.6 Å². The Labute approximate surface area is 415 Å². The minimum atomic E-state index is 0.604. The van der Waals surface area contributed by atoms with E-state index in [2.05, 4.69) is 114 Å². The molecule has 16 aromatic rings. The van der Waals surface area contributed by atoms with Crippen LogP contribution in [0.4, 0.5) is 0 Å². The fourth-order valence-corrected chi connectivity index (χ4v) is 14.3. The third kappa shape index (κ3) is 4.62. The molecule has 6 nitrogen and oxygen atoms in total. The summed E-state index contributed by atoms with van der Waals surface area (Å²) >= 11 is 0. The second kappa shape index (κ2) is 14.6. The van der Waals surface area contributed by atoms with Gasteiger partial charge in [-0.15, -0.1) is 0 Å². The normalized spacial score (nSPS) is 13.2. The van der Waals surface area contributed by atoms with Gasteiger partial charge in [0.2, 0.25) is 0 Å². The fraction of sp³-hybridized carbons (Fsp3) is 0.273. The summed E-state index contributed by atoms with van der Waals surface area (Å²) in [6, 6.07) is 28.4. The molecule has 0 aliphatic heterocycles. The van der Waals surface area contributed by atoms with Crippen molar-refractivity contribution in [3.8, 4) is 34.5 Å². The zero-order valence-corrected chi connectivity index (χ0v) is 41.9. The average Bonchev–Trinajstić information content (AvgIpc) is 3.45. The quantitative estimate of drug-likeness (QED) is 0.0631. The minimum Gasteiger partial charge on any atom is -0.489 e. The monoisotopic (exact) mass is 942 g/mol. The highest BCUT2D eigenvalue weighted by Gasteiger charge is 2.37. The van der Waals surface area contributed by atoms with E-state index in [-0.39, 0.29) is 0 Å². The molecular weight excluding hydrogens is 889 g/mol. The van der Waals surface area contributed by atoms with Gasteiger partial charge in [-0.05, 0) is 172 Å². The molecule has 0 amide bonds. The largest absolute Gasteiger partial charge is 0.489 e. The number of rotatable bonds is 18. The lowest BCUT2D eigenvalue weighted by Gasteiger charge is -2.32. The van der Waals surface area contributed by atoms with Crippen LogP contribution >= 0.6 is 0 Å². The summed E-state index contributed by atoms with van der Waals surface area (Å²) in [6.45, 7) is 16.7. The first-order valence-electron chi connectivity index (χ1n) is 26.9. The highest BCUT2D eigenvalue weighted by molar-refractivity contribution is 6.64. The van der Waals surface area contributed by atoms with Crippen LogP contribution in [0.15, 0.2) is 72.8 Å². The lowest BCUT2D eigenvalue weighted by molar-refractivity contribution is 0.274. The van der Waals surface area contributed by atoms with Crippen molar-refractivity contribution in [2.45, 2.75) is 80.1 Å². The smallest absolute Gasteiger partial charge is 0.169 e. The summed E-state index contributed by atoms with van der Waals surface area (Å²) in [5, 5.41) is 37.8. The molecule has 0 unspecified atom stereocenters. The van der Waals surface area contributed by atoms with Crippen molar-refractivity contribution in [1.29, 1.82) is 0 Å². The summed E-state index contributed by atoms with van der Waals surface area (Å²) in [5.41, 5.74) is 0. The van der Waals surface area contributed by atoms with Crippen molar-refractivity contribution in [1.82, 2.24) is 0 Å². The van der Waals surface area contributed by atoms with Gasteiger partial charge in [-0.2, -0.15) is 0 Å². The number of fused-ring (bicyclic) bond motifs is 3. The molecule has 0 heterocycles. The lowest BCUT2D eigenvalue weighted by atomic mass is 9.71. The topological polar surface area (TPSA) is 55.4 Å². The maximum absolute atomic E-state index is 6.92. The van der Waals surface area contributed by atoms with E-state index >= 15 is 0 Å². The highest BCUT2D eigenvalue weighted by Crippen LogP contribution is 2.66. The maximum atomic E-state index is 6.92. The molecule has 0 N–H and O–H groups in total. The van der Waals surface area contributed by atoms with E-state index < -0.39 is 0 Å². The Morgan fingerprint density at radius 2 is 0.306 bits per heavy atom. The van der Waals surface area contributed by atoms with E-state index in [9.17, 15) is 0 Å². The molecule has 0 radical (unpaired) electrons. The van der Waals surface area contributed by atoms with Crippen LogP contribution in [0.25, 0.3) is 162 Å². The second-order valence-corrected chi connectivity index (χ2v) is 20.8. The molecule has 0 fully saturated rings. The summed E-state index contributed by atoms with van der Waals surface area (Å²) in [5.74, 6) is 5.12. The van der Waals surface area contributed by atoms with Gasteiger partial charge in [0.25, 0.3) is 0 Å². The lowest BCUT2D eigenvalue weighted by Crippen LogP contribution is -2.07. The number of ether oxygens (including phenoxy) is 6. The third-order valence-electron chi connectivity index (χ3n) is 16.6. The Kier molecular flexibility index (Phi) is 8.35. The van der Waals surface area contributed by atoms with Gasteiger partial charge in [0.05, 0.1) is 39.6 Å². The molecule has 0 spiro atoms. The Morgan fingerprint density at radius 1 is 0.181 bits per heavy atom. The Balaban J connectivity index is 1.27. The van der Waals surface area contributed by atoms with Crippen molar-refractivity contribution >= 4 is 162 Å². The van der Waals surface area contributed by atoms with Crippen molar-refractivity contribution in [2.24, 2.45) is 0 Å². The molecule has 16 rings (SSSR count). The van der Waals surface area contributed by atoms with E-state index in [0.29, 0.717) is 39.6 Å². The summed E-state index contributed by atoms with van der Waals surface area (Å²) in [7, 11) is 0. The molecule has 0 aliphatic rings. The van der Waals surface area contributed by atoms with Crippen LogP contribution in [0, 0.1) is 0 Å². The third-order valence-corrected chi connectivity index (χ3v) is 16.6. The summed E-state index contributed by atoms with van der Waals surface area (Å²) < 4.78 is 41.5. The van der Waals surface area contributed by atoms with Gasteiger partial charge in [0.15, 0.2) is 34.5 Å². The van der Waals surface area contributed by atoms with Gasteiger partial charge in [0.1, 0.15) is 0 Å². The van der Waals surface area contributed by atoms with Crippen molar-refractivity contribution in [2.75, 3.05) is 39.6 Å². The van der Waals surface area contributed by atoms with Crippen LogP contribution in [-0.4, -0.2) is 39.6 Å². The first kappa shape index (κ1) is 41.2. The van der Waals surface area contributed by atoms with Gasteiger partial charge >= 0.3 is 0 Å². The molecule has 0 aromatic heterocycles. The molecule has 16 aromatic carbocycles. The predicted octanol–water partition coefficient (Wildman–Crippen LogP) is 18.7. The molecule has 354 valence electrons. The van der Waals surface area contributed by atoms with Crippen molar-refractivity contribution in [3.05, 3.63) is 72.8 Å². The Morgan fingerprint density at radius 3 is 0.444 bits per heavy atom. The molecule has 0 bridgehead atoms. The molecule has 0 saturated carbocycles. The van der Waals surface area contributed by atoms with Gasteiger partial charge < -0.3 is 28.4 Å². The van der Waals surface area contributed by atoms with Crippen LogP contribution in [0.2, 0.25) is 0 Å². The first-order valence-corrected chi connectivity index (χ1v) is 26.9. The van der Waals surface area contributed by atoms with Gasteiger partial charge in [-0.3, -0.25) is 0 Å². The second-order valence-electron chi connectivity index (χ2n) is 20.8. The number of benzene rings is 16. The maximum Gasteiger partial charge on any atom is 0.169 e. The Hall–Kier alpha value is -7.44. The zero-order chi connectivity index (χ0) is 48.0. The fourth-order valence-electron chi connectivity index (χ4n) is 14.3.